The van der Waals surface area contributed by atoms with Gasteiger partial charge in [0.2, 0.25) is 5.91 Å². The third-order valence-electron chi connectivity index (χ3n) is 4.17. The highest BCUT2D eigenvalue weighted by Crippen LogP contribution is 2.30. The van der Waals surface area contributed by atoms with Crippen LogP contribution >= 0.6 is 0 Å². The minimum Gasteiger partial charge on any atom is -0.481 e. The first kappa shape index (κ1) is 16.4. The van der Waals surface area contributed by atoms with Crippen LogP contribution in [0, 0.1) is 11.2 Å². The Hall–Kier alpha value is -1.95. The number of likely N-dealkylation sites (tertiary alicyclic amines) is 1. The van der Waals surface area contributed by atoms with Crippen LogP contribution in [-0.2, 0) is 9.59 Å². The average molecular weight is 309 g/mol. The number of aliphatic hydroxyl groups is 1. The van der Waals surface area contributed by atoms with Gasteiger partial charge in [-0.1, -0.05) is 12.1 Å². The van der Waals surface area contributed by atoms with E-state index in [9.17, 15) is 24.2 Å². The summed E-state index contributed by atoms with van der Waals surface area (Å²) in [6.07, 6.45) is -0.135. The molecule has 1 fully saturated rings. The molecule has 22 heavy (non-hydrogen) atoms. The van der Waals surface area contributed by atoms with E-state index < -0.39 is 23.3 Å². The summed E-state index contributed by atoms with van der Waals surface area (Å²) in [6, 6.07) is 5.48. The van der Waals surface area contributed by atoms with Crippen molar-refractivity contribution in [2.75, 3.05) is 13.1 Å². The van der Waals surface area contributed by atoms with Crippen molar-refractivity contribution in [1.29, 1.82) is 0 Å². The van der Waals surface area contributed by atoms with Crippen molar-refractivity contribution in [1.82, 2.24) is 4.90 Å². The summed E-state index contributed by atoms with van der Waals surface area (Å²) in [6.45, 7) is 2.24. The third kappa shape index (κ3) is 3.62. The van der Waals surface area contributed by atoms with Gasteiger partial charge in [-0.15, -0.1) is 0 Å². The lowest BCUT2D eigenvalue weighted by atomic mass is 9.82. The van der Waals surface area contributed by atoms with Crippen LogP contribution in [0.1, 0.15) is 37.9 Å². The number of carbonyl (C=O) groups excluding carboxylic acids is 1. The lowest BCUT2D eigenvalue weighted by Gasteiger charge is -2.37. The van der Waals surface area contributed by atoms with E-state index in [0.717, 1.165) is 0 Å². The lowest BCUT2D eigenvalue weighted by Crippen LogP contribution is -2.48. The maximum Gasteiger partial charge on any atom is 0.311 e. The second kappa shape index (κ2) is 6.44. The average Bonchev–Trinajstić information content (AvgIpc) is 2.47. The van der Waals surface area contributed by atoms with Crippen molar-refractivity contribution in [2.45, 2.75) is 32.3 Å². The fourth-order valence-corrected chi connectivity index (χ4v) is 2.75. The molecule has 0 bridgehead atoms. The molecular formula is C16H20FNO4. The Kier molecular flexibility index (Phi) is 4.81. The highest BCUT2D eigenvalue weighted by molar-refractivity contribution is 5.80. The highest BCUT2D eigenvalue weighted by atomic mass is 19.1. The molecule has 1 heterocycles. The van der Waals surface area contributed by atoms with Gasteiger partial charge in [-0.3, -0.25) is 9.59 Å². The lowest BCUT2D eigenvalue weighted by molar-refractivity contribution is -0.153. The maximum atomic E-state index is 13.1. The van der Waals surface area contributed by atoms with E-state index in [1.54, 1.807) is 13.0 Å². The normalized spacial score (nSPS) is 23.1. The molecule has 2 N–H and O–H groups in total. The fourth-order valence-electron chi connectivity index (χ4n) is 2.75. The molecule has 1 aliphatic rings. The van der Waals surface area contributed by atoms with Gasteiger partial charge in [0.15, 0.2) is 0 Å². The Labute approximate surface area is 128 Å². The molecule has 2 rings (SSSR count). The molecule has 0 saturated carbocycles. The largest absolute Gasteiger partial charge is 0.481 e. The molecule has 0 spiro atoms. The van der Waals surface area contributed by atoms with Crippen molar-refractivity contribution in [3.05, 3.63) is 35.6 Å². The number of aliphatic carboxylic acids is 1. The van der Waals surface area contributed by atoms with Gasteiger partial charge in [-0.05, 0) is 37.5 Å². The first-order valence-corrected chi connectivity index (χ1v) is 7.26. The number of amides is 1. The summed E-state index contributed by atoms with van der Waals surface area (Å²) in [5, 5.41) is 19.3. The molecular weight excluding hydrogens is 289 g/mol. The van der Waals surface area contributed by atoms with Gasteiger partial charge in [0, 0.05) is 13.1 Å². The summed E-state index contributed by atoms with van der Waals surface area (Å²) in [7, 11) is 0. The van der Waals surface area contributed by atoms with Gasteiger partial charge in [0.25, 0.3) is 0 Å². The van der Waals surface area contributed by atoms with Crippen LogP contribution in [0.2, 0.25) is 0 Å². The molecule has 2 atom stereocenters. The van der Waals surface area contributed by atoms with E-state index in [-0.39, 0.29) is 18.9 Å². The number of rotatable bonds is 4. The predicted octanol–water partition coefficient (Wildman–Crippen LogP) is 1.96. The summed E-state index contributed by atoms with van der Waals surface area (Å²) in [5.74, 6) is -1.71. The van der Waals surface area contributed by atoms with Crippen molar-refractivity contribution in [3.63, 3.8) is 0 Å². The predicted molar refractivity (Wildman–Crippen MR) is 77.5 cm³/mol. The number of aliphatic hydroxyl groups excluding tert-OH is 1. The minimum absolute atomic E-state index is 0.136. The summed E-state index contributed by atoms with van der Waals surface area (Å²) >= 11 is 0. The molecule has 120 valence electrons. The molecule has 2 unspecified atom stereocenters. The number of hydrogen-bond donors (Lipinski definition) is 2. The highest BCUT2D eigenvalue weighted by Gasteiger charge is 2.39. The molecule has 5 nitrogen and oxygen atoms in total. The van der Waals surface area contributed by atoms with E-state index in [1.165, 1.54) is 23.1 Å². The SMILES string of the molecule is CC1(C(=O)O)CCCN(C(=O)CC(O)c2cccc(F)c2)C1. The van der Waals surface area contributed by atoms with E-state index in [1.807, 2.05) is 0 Å². The third-order valence-corrected chi connectivity index (χ3v) is 4.17. The van der Waals surface area contributed by atoms with Crippen LogP contribution < -0.4 is 0 Å². The molecule has 0 aromatic heterocycles. The van der Waals surface area contributed by atoms with E-state index >= 15 is 0 Å². The van der Waals surface area contributed by atoms with E-state index in [0.29, 0.717) is 24.9 Å². The molecule has 1 saturated heterocycles. The standard InChI is InChI=1S/C16H20FNO4/c1-16(15(21)22)6-3-7-18(10-16)14(20)9-13(19)11-4-2-5-12(17)8-11/h2,4-5,8,13,19H,3,6-7,9-10H2,1H3,(H,21,22). The van der Waals surface area contributed by atoms with Crippen LogP contribution in [0.3, 0.4) is 0 Å². The Morgan fingerprint density at radius 2 is 2.18 bits per heavy atom. The molecule has 1 aromatic rings. The number of benzene rings is 1. The minimum atomic E-state index is -1.10. The van der Waals surface area contributed by atoms with Gasteiger partial charge in [-0.25, -0.2) is 4.39 Å². The van der Waals surface area contributed by atoms with Crippen LogP contribution in [0.25, 0.3) is 0 Å². The molecule has 1 aliphatic heterocycles. The van der Waals surface area contributed by atoms with Crippen LogP contribution in [0.5, 0.6) is 0 Å². The molecule has 0 radical (unpaired) electrons. The van der Waals surface area contributed by atoms with Crippen molar-refractivity contribution < 1.29 is 24.2 Å². The Morgan fingerprint density at radius 3 is 2.82 bits per heavy atom. The van der Waals surface area contributed by atoms with Crippen LogP contribution in [-0.4, -0.2) is 40.1 Å². The van der Waals surface area contributed by atoms with E-state index in [4.69, 9.17) is 0 Å². The van der Waals surface area contributed by atoms with Gasteiger partial charge in [0.1, 0.15) is 5.82 Å². The number of carboxylic acids is 1. The second-order valence-electron chi connectivity index (χ2n) is 6.06. The second-order valence-corrected chi connectivity index (χ2v) is 6.06. The monoisotopic (exact) mass is 309 g/mol. The quantitative estimate of drug-likeness (QED) is 0.891. The number of nitrogens with zero attached hydrogens (tertiary/aromatic N) is 1. The first-order valence-electron chi connectivity index (χ1n) is 7.26. The van der Waals surface area contributed by atoms with Crippen LogP contribution in [0.4, 0.5) is 4.39 Å². The molecule has 6 heteroatoms. The topological polar surface area (TPSA) is 77.8 Å². The number of halogens is 1. The van der Waals surface area contributed by atoms with Crippen LogP contribution in [0.15, 0.2) is 24.3 Å². The Bertz CT molecular complexity index is 577. The number of carboxylic acid groups (broad SMARTS) is 1. The van der Waals surface area contributed by atoms with E-state index in [2.05, 4.69) is 0 Å². The number of piperidine rings is 1. The zero-order chi connectivity index (χ0) is 16.3. The zero-order valence-electron chi connectivity index (χ0n) is 12.5. The van der Waals surface area contributed by atoms with Gasteiger partial charge in [-0.2, -0.15) is 0 Å². The van der Waals surface area contributed by atoms with Gasteiger partial charge in [0.05, 0.1) is 17.9 Å². The molecule has 0 aliphatic carbocycles. The fraction of sp³-hybridized carbons (Fsp3) is 0.500. The number of hydrogen-bond acceptors (Lipinski definition) is 3. The summed E-state index contributed by atoms with van der Waals surface area (Å²) in [5.41, 5.74) is -0.607. The first-order chi connectivity index (χ1) is 10.3. The molecule has 1 amide bonds. The Balaban J connectivity index is 2.01. The maximum absolute atomic E-state index is 13.1. The van der Waals surface area contributed by atoms with Crippen molar-refractivity contribution in [3.8, 4) is 0 Å². The Morgan fingerprint density at radius 1 is 1.45 bits per heavy atom. The molecule has 1 aromatic carbocycles. The summed E-state index contributed by atoms with van der Waals surface area (Å²) < 4.78 is 13.1. The van der Waals surface area contributed by atoms with Crippen molar-refractivity contribution in [2.24, 2.45) is 5.41 Å². The van der Waals surface area contributed by atoms with Gasteiger partial charge >= 0.3 is 5.97 Å². The smallest absolute Gasteiger partial charge is 0.311 e. The van der Waals surface area contributed by atoms with Crippen molar-refractivity contribution >= 4 is 11.9 Å². The number of carbonyl (C=O) groups is 2. The zero-order valence-corrected chi connectivity index (χ0v) is 12.5. The summed E-state index contributed by atoms with van der Waals surface area (Å²) in [4.78, 5) is 25.0. The van der Waals surface area contributed by atoms with Gasteiger partial charge < -0.3 is 15.1 Å².